The largest absolute Gasteiger partial charge is 0.444 e. The molecule has 0 spiro atoms. The van der Waals surface area contributed by atoms with Crippen LogP contribution in [0.4, 0.5) is 10.5 Å². The van der Waals surface area contributed by atoms with E-state index in [9.17, 15) is 9.59 Å². The van der Waals surface area contributed by atoms with Crippen molar-refractivity contribution >= 4 is 28.7 Å². The van der Waals surface area contributed by atoms with Crippen LogP contribution in [0, 0.1) is 5.41 Å². The lowest BCUT2D eigenvalue weighted by Gasteiger charge is -2.36. The zero-order valence-electron chi connectivity index (χ0n) is 20.8. The van der Waals surface area contributed by atoms with E-state index in [1.54, 1.807) is 17.3 Å². The molecule has 1 fully saturated rings. The highest BCUT2D eigenvalue weighted by Gasteiger charge is 2.27. The van der Waals surface area contributed by atoms with E-state index in [1.165, 1.54) is 0 Å². The number of Topliss-reactive ketones (excluding diaryl/α,β-unsaturated/α-hetero) is 1. The van der Waals surface area contributed by atoms with Crippen molar-refractivity contribution in [2.24, 2.45) is 5.41 Å². The number of nitrogens with one attached hydrogen (secondary N) is 1. The van der Waals surface area contributed by atoms with E-state index in [4.69, 9.17) is 9.72 Å². The monoisotopic (exact) mass is 463 g/mol. The predicted octanol–water partition coefficient (Wildman–Crippen LogP) is 4.91. The van der Waals surface area contributed by atoms with Gasteiger partial charge in [0, 0.05) is 49.0 Å². The number of aromatic amines is 1. The second-order valence-electron chi connectivity index (χ2n) is 10.7. The predicted molar refractivity (Wildman–Crippen MR) is 133 cm³/mol. The molecule has 0 unspecified atom stereocenters. The van der Waals surface area contributed by atoms with Crippen LogP contribution in [0.3, 0.4) is 0 Å². The van der Waals surface area contributed by atoms with Gasteiger partial charge in [0.25, 0.3) is 0 Å². The third-order valence-corrected chi connectivity index (χ3v) is 5.75. The van der Waals surface area contributed by atoms with Crippen LogP contribution in [0.1, 0.15) is 51.9 Å². The van der Waals surface area contributed by atoms with Crippen molar-refractivity contribution < 1.29 is 14.3 Å². The van der Waals surface area contributed by atoms with Gasteiger partial charge in [0.2, 0.25) is 0 Å². The number of hydrogen-bond donors (Lipinski definition) is 1. The van der Waals surface area contributed by atoms with Crippen LogP contribution in [0.15, 0.2) is 36.7 Å². The number of piperazine rings is 1. The first kappa shape index (κ1) is 23.7. The van der Waals surface area contributed by atoms with Gasteiger partial charge in [-0.25, -0.2) is 14.8 Å². The zero-order chi connectivity index (χ0) is 24.7. The van der Waals surface area contributed by atoms with Crippen molar-refractivity contribution in [3.63, 3.8) is 0 Å². The summed E-state index contributed by atoms with van der Waals surface area (Å²) in [5.41, 5.74) is 3.45. The fourth-order valence-corrected chi connectivity index (χ4v) is 3.94. The highest BCUT2D eigenvalue weighted by molar-refractivity contribution is 6.08. The molecular formula is C26H33N5O3. The first-order chi connectivity index (χ1) is 15.9. The molecule has 1 aromatic carbocycles. The molecule has 8 heteroatoms. The number of benzene rings is 1. The molecular weight excluding hydrogens is 430 g/mol. The fraction of sp³-hybridized carbons (Fsp3) is 0.462. The van der Waals surface area contributed by atoms with Gasteiger partial charge in [-0.15, -0.1) is 0 Å². The van der Waals surface area contributed by atoms with Gasteiger partial charge in [-0.05, 0) is 32.9 Å². The number of H-pyrrole nitrogens is 1. The van der Waals surface area contributed by atoms with Crippen LogP contribution in [0.25, 0.3) is 22.4 Å². The summed E-state index contributed by atoms with van der Waals surface area (Å²) in [4.78, 5) is 41.6. The molecule has 1 saturated heterocycles. The topological polar surface area (TPSA) is 91.4 Å². The number of amides is 1. The SMILES string of the molecule is CC(C)(C)OC(=O)N1CCN(c2cccc(-c3cnc4[nH]cc(C(=O)C(C)(C)C)c4n3)c2)CC1. The fourth-order valence-electron chi connectivity index (χ4n) is 3.94. The molecule has 0 aliphatic carbocycles. The Morgan fingerprint density at radius 2 is 1.74 bits per heavy atom. The smallest absolute Gasteiger partial charge is 0.410 e. The van der Waals surface area contributed by atoms with Crippen molar-refractivity contribution in [2.75, 3.05) is 31.1 Å². The second kappa shape index (κ2) is 8.74. The summed E-state index contributed by atoms with van der Waals surface area (Å²) < 4.78 is 5.50. The minimum absolute atomic E-state index is 0.0295. The number of rotatable bonds is 3. The van der Waals surface area contributed by atoms with E-state index in [0.717, 1.165) is 24.3 Å². The maximum absolute atomic E-state index is 12.9. The summed E-state index contributed by atoms with van der Waals surface area (Å²) >= 11 is 0. The molecule has 0 atom stereocenters. The number of carbonyl (C=O) groups excluding carboxylic acids is 2. The van der Waals surface area contributed by atoms with Crippen molar-refractivity contribution in [1.82, 2.24) is 19.9 Å². The van der Waals surface area contributed by atoms with Crippen LogP contribution < -0.4 is 4.90 Å². The minimum atomic E-state index is -0.506. The lowest BCUT2D eigenvalue weighted by atomic mass is 9.87. The quantitative estimate of drug-likeness (QED) is 0.555. The van der Waals surface area contributed by atoms with Gasteiger partial charge in [-0.3, -0.25) is 4.79 Å². The van der Waals surface area contributed by atoms with E-state index in [-0.39, 0.29) is 11.9 Å². The molecule has 0 saturated carbocycles. The lowest BCUT2D eigenvalue weighted by Crippen LogP contribution is -2.50. The summed E-state index contributed by atoms with van der Waals surface area (Å²) in [7, 11) is 0. The van der Waals surface area contributed by atoms with Crippen LogP contribution >= 0.6 is 0 Å². The van der Waals surface area contributed by atoms with E-state index in [1.807, 2.05) is 53.7 Å². The molecule has 4 rings (SSSR count). The normalized spacial score (nSPS) is 15.0. The Bertz CT molecular complexity index is 1210. The molecule has 34 heavy (non-hydrogen) atoms. The third-order valence-electron chi connectivity index (χ3n) is 5.75. The lowest BCUT2D eigenvalue weighted by molar-refractivity contribution is 0.0240. The number of aromatic nitrogens is 3. The summed E-state index contributed by atoms with van der Waals surface area (Å²) in [6, 6.07) is 8.13. The minimum Gasteiger partial charge on any atom is -0.444 e. The van der Waals surface area contributed by atoms with Gasteiger partial charge in [0.1, 0.15) is 11.1 Å². The maximum Gasteiger partial charge on any atom is 0.410 e. The van der Waals surface area contributed by atoms with Gasteiger partial charge in [0.05, 0.1) is 17.5 Å². The Balaban J connectivity index is 1.53. The first-order valence-corrected chi connectivity index (χ1v) is 11.6. The summed E-state index contributed by atoms with van der Waals surface area (Å²) in [5, 5.41) is 0. The molecule has 0 radical (unpaired) electrons. The standard InChI is InChI=1S/C26H33N5O3/c1-25(2,3)22(32)19-15-27-23-21(19)29-20(16-28-23)17-8-7-9-18(14-17)30-10-12-31(13-11-30)24(33)34-26(4,5)6/h7-9,14-16H,10-13H2,1-6H3,(H,27,28). The molecule has 2 aromatic heterocycles. The molecule has 0 bridgehead atoms. The highest BCUT2D eigenvalue weighted by atomic mass is 16.6. The molecule has 3 heterocycles. The average Bonchev–Trinajstić information content (AvgIpc) is 3.20. The van der Waals surface area contributed by atoms with E-state index in [2.05, 4.69) is 27.0 Å². The highest BCUT2D eigenvalue weighted by Crippen LogP contribution is 2.28. The van der Waals surface area contributed by atoms with E-state index >= 15 is 0 Å². The molecule has 1 amide bonds. The Kier molecular flexibility index (Phi) is 6.10. The maximum atomic E-state index is 12.9. The second-order valence-corrected chi connectivity index (χ2v) is 10.7. The number of ether oxygens (including phenoxy) is 1. The molecule has 3 aromatic rings. The van der Waals surface area contributed by atoms with Crippen molar-refractivity contribution in [1.29, 1.82) is 0 Å². The van der Waals surface area contributed by atoms with E-state index in [0.29, 0.717) is 35.5 Å². The summed E-state index contributed by atoms with van der Waals surface area (Å²) in [6.07, 6.45) is 3.16. The van der Waals surface area contributed by atoms with Crippen LogP contribution in [0.2, 0.25) is 0 Å². The number of ketones is 1. The summed E-state index contributed by atoms with van der Waals surface area (Å²) in [5.74, 6) is 0.0295. The number of anilines is 1. The van der Waals surface area contributed by atoms with Crippen molar-refractivity contribution in [3.8, 4) is 11.3 Å². The average molecular weight is 464 g/mol. The number of carbonyl (C=O) groups is 2. The molecule has 1 aliphatic heterocycles. The first-order valence-electron chi connectivity index (χ1n) is 11.6. The van der Waals surface area contributed by atoms with Gasteiger partial charge >= 0.3 is 6.09 Å². The van der Waals surface area contributed by atoms with Crippen LogP contribution in [0.5, 0.6) is 0 Å². The van der Waals surface area contributed by atoms with Crippen molar-refractivity contribution in [2.45, 2.75) is 47.1 Å². The summed E-state index contributed by atoms with van der Waals surface area (Å²) in [6.45, 7) is 14.0. The Hall–Kier alpha value is -3.42. The zero-order valence-corrected chi connectivity index (χ0v) is 20.8. The van der Waals surface area contributed by atoms with Gasteiger partial charge in [-0.2, -0.15) is 0 Å². The number of hydrogen-bond acceptors (Lipinski definition) is 6. The Labute approximate surface area is 200 Å². The molecule has 1 aliphatic rings. The van der Waals surface area contributed by atoms with E-state index < -0.39 is 11.0 Å². The molecule has 180 valence electrons. The van der Waals surface area contributed by atoms with Crippen LogP contribution in [-0.4, -0.2) is 63.5 Å². The van der Waals surface area contributed by atoms with Gasteiger partial charge < -0.3 is 19.5 Å². The Morgan fingerprint density at radius 3 is 2.38 bits per heavy atom. The Morgan fingerprint density at radius 1 is 1.03 bits per heavy atom. The van der Waals surface area contributed by atoms with Crippen molar-refractivity contribution in [3.05, 3.63) is 42.2 Å². The molecule has 8 nitrogen and oxygen atoms in total. The number of fused-ring (bicyclic) bond motifs is 1. The third kappa shape index (κ3) is 5.05. The van der Waals surface area contributed by atoms with Gasteiger partial charge in [0.15, 0.2) is 11.4 Å². The number of nitrogens with zero attached hydrogens (tertiary/aromatic N) is 4. The van der Waals surface area contributed by atoms with Crippen LogP contribution in [-0.2, 0) is 4.74 Å². The molecule has 1 N–H and O–H groups in total. The van der Waals surface area contributed by atoms with Gasteiger partial charge in [-0.1, -0.05) is 32.9 Å².